The summed E-state index contributed by atoms with van der Waals surface area (Å²) in [7, 11) is 0. The van der Waals surface area contributed by atoms with Crippen LogP contribution in [0.4, 0.5) is 4.39 Å². The van der Waals surface area contributed by atoms with Gasteiger partial charge >= 0.3 is 0 Å². The van der Waals surface area contributed by atoms with Crippen LogP contribution in [0.25, 0.3) is 0 Å². The van der Waals surface area contributed by atoms with Crippen LogP contribution < -0.4 is 10.5 Å². The van der Waals surface area contributed by atoms with Gasteiger partial charge in [-0.15, -0.1) is 0 Å². The zero-order valence-electron chi connectivity index (χ0n) is 9.35. The van der Waals surface area contributed by atoms with E-state index in [0.717, 1.165) is 0 Å². The van der Waals surface area contributed by atoms with Gasteiger partial charge in [-0.2, -0.15) is 0 Å². The second kappa shape index (κ2) is 4.88. The van der Waals surface area contributed by atoms with Crippen molar-refractivity contribution in [3.05, 3.63) is 47.7 Å². The molecule has 2 aromatic rings. The maximum absolute atomic E-state index is 13.6. The van der Waals surface area contributed by atoms with Crippen LogP contribution in [0.3, 0.4) is 0 Å². The number of nitrogens with zero attached hydrogens (tertiary/aromatic N) is 2. The van der Waals surface area contributed by atoms with E-state index in [1.54, 1.807) is 25.1 Å². The lowest BCUT2D eigenvalue weighted by Gasteiger charge is -2.06. The van der Waals surface area contributed by atoms with Crippen molar-refractivity contribution in [3.63, 3.8) is 0 Å². The summed E-state index contributed by atoms with van der Waals surface area (Å²) in [5, 5.41) is 0. The number of aromatic nitrogens is 2. The Labute approximate surface area is 98.3 Å². The topological polar surface area (TPSA) is 61.0 Å². The number of hydrogen-bond donors (Lipinski definition) is 1. The van der Waals surface area contributed by atoms with Gasteiger partial charge < -0.3 is 10.5 Å². The van der Waals surface area contributed by atoms with E-state index in [-0.39, 0.29) is 11.6 Å². The van der Waals surface area contributed by atoms with Crippen LogP contribution in [0.15, 0.2) is 30.6 Å². The monoisotopic (exact) mass is 233 g/mol. The molecule has 0 spiro atoms. The predicted octanol–water partition coefficient (Wildman–Crippen LogP) is 2.18. The minimum atomic E-state index is -0.391. The third kappa shape index (κ3) is 2.57. The van der Waals surface area contributed by atoms with Crippen molar-refractivity contribution < 1.29 is 9.13 Å². The van der Waals surface area contributed by atoms with E-state index < -0.39 is 5.82 Å². The molecular formula is C12H12FN3O. The van der Waals surface area contributed by atoms with Crippen molar-refractivity contribution in [2.75, 3.05) is 0 Å². The SMILES string of the molecule is Cc1cccc(Oc2cnc(CN)cn2)c1F. The zero-order valence-corrected chi connectivity index (χ0v) is 9.35. The van der Waals surface area contributed by atoms with Crippen LogP contribution in [0.5, 0.6) is 11.6 Å². The fourth-order valence-corrected chi connectivity index (χ4v) is 1.31. The van der Waals surface area contributed by atoms with Crippen molar-refractivity contribution in [1.82, 2.24) is 9.97 Å². The predicted molar refractivity (Wildman–Crippen MR) is 61.1 cm³/mol. The average Bonchev–Trinajstić information content (AvgIpc) is 2.36. The van der Waals surface area contributed by atoms with E-state index in [2.05, 4.69) is 9.97 Å². The minimum Gasteiger partial charge on any atom is -0.434 e. The van der Waals surface area contributed by atoms with E-state index in [4.69, 9.17) is 10.5 Å². The molecule has 0 unspecified atom stereocenters. The summed E-state index contributed by atoms with van der Waals surface area (Å²) in [4.78, 5) is 7.99. The summed E-state index contributed by atoms with van der Waals surface area (Å²) in [5.41, 5.74) is 6.57. The van der Waals surface area contributed by atoms with Gasteiger partial charge in [-0.25, -0.2) is 9.37 Å². The Morgan fingerprint density at radius 3 is 2.76 bits per heavy atom. The van der Waals surface area contributed by atoms with Gasteiger partial charge in [-0.3, -0.25) is 4.98 Å². The summed E-state index contributed by atoms with van der Waals surface area (Å²) in [5.74, 6) is -0.0105. The summed E-state index contributed by atoms with van der Waals surface area (Å²) < 4.78 is 18.9. The Bertz CT molecular complexity index is 514. The Kier molecular flexibility index (Phi) is 3.30. The molecule has 0 saturated carbocycles. The van der Waals surface area contributed by atoms with Crippen molar-refractivity contribution >= 4 is 0 Å². The van der Waals surface area contributed by atoms with Crippen LogP contribution in [0.2, 0.25) is 0 Å². The number of aryl methyl sites for hydroxylation is 1. The fraction of sp³-hybridized carbons (Fsp3) is 0.167. The molecule has 2 N–H and O–H groups in total. The second-order valence-electron chi connectivity index (χ2n) is 3.54. The lowest BCUT2D eigenvalue weighted by molar-refractivity contribution is 0.423. The van der Waals surface area contributed by atoms with Crippen molar-refractivity contribution in [3.8, 4) is 11.6 Å². The Morgan fingerprint density at radius 2 is 2.12 bits per heavy atom. The molecule has 5 heteroatoms. The normalized spacial score (nSPS) is 10.3. The van der Waals surface area contributed by atoms with Gasteiger partial charge in [-0.1, -0.05) is 12.1 Å². The Morgan fingerprint density at radius 1 is 1.29 bits per heavy atom. The van der Waals surface area contributed by atoms with Crippen molar-refractivity contribution in [2.45, 2.75) is 13.5 Å². The first-order valence-corrected chi connectivity index (χ1v) is 5.14. The number of ether oxygens (including phenoxy) is 1. The van der Waals surface area contributed by atoms with E-state index in [1.165, 1.54) is 12.4 Å². The van der Waals surface area contributed by atoms with Gasteiger partial charge in [0.2, 0.25) is 5.88 Å². The molecule has 0 fully saturated rings. The number of rotatable bonds is 3. The molecule has 0 aliphatic carbocycles. The van der Waals surface area contributed by atoms with E-state index in [9.17, 15) is 4.39 Å². The van der Waals surface area contributed by atoms with E-state index in [0.29, 0.717) is 17.8 Å². The maximum atomic E-state index is 13.6. The van der Waals surface area contributed by atoms with Crippen LogP contribution in [-0.4, -0.2) is 9.97 Å². The number of halogens is 1. The highest BCUT2D eigenvalue weighted by atomic mass is 19.1. The maximum Gasteiger partial charge on any atom is 0.237 e. The Hall–Kier alpha value is -2.01. The molecule has 1 aromatic carbocycles. The van der Waals surface area contributed by atoms with Gasteiger partial charge in [0, 0.05) is 6.54 Å². The minimum absolute atomic E-state index is 0.139. The van der Waals surface area contributed by atoms with Gasteiger partial charge in [-0.05, 0) is 18.6 Å². The fourth-order valence-electron chi connectivity index (χ4n) is 1.31. The summed E-state index contributed by atoms with van der Waals surface area (Å²) >= 11 is 0. The Balaban J connectivity index is 2.22. The van der Waals surface area contributed by atoms with Crippen LogP contribution in [0, 0.1) is 12.7 Å². The third-order valence-electron chi connectivity index (χ3n) is 2.26. The zero-order chi connectivity index (χ0) is 12.3. The van der Waals surface area contributed by atoms with Crippen molar-refractivity contribution in [2.24, 2.45) is 5.73 Å². The summed E-state index contributed by atoms with van der Waals surface area (Å²) in [6.07, 6.45) is 2.92. The lowest BCUT2D eigenvalue weighted by Crippen LogP contribution is -2.01. The van der Waals surface area contributed by atoms with Crippen LogP contribution in [-0.2, 0) is 6.54 Å². The molecule has 0 aliphatic rings. The summed E-state index contributed by atoms with van der Waals surface area (Å²) in [6.45, 7) is 1.98. The quantitative estimate of drug-likeness (QED) is 0.882. The van der Waals surface area contributed by atoms with Gasteiger partial charge in [0.25, 0.3) is 0 Å². The molecule has 1 aromatic heterocycles. The molecule has 1 heterocycles. The molecular weight excluding hydrogens is 221 g/mol. The molecule has 0 bridgehead atoms. The first-order valence-electron chi connectivity index (χ1n) is 5.14. The molecule has 0 amide bonds. The number of benzene rings is 1. The molecule has 4 nitrogen and oxygen atoms in total. The molecule has 88 valence electrons. The molecule has 0 radical (unpaired) electrons. The van der Waals surface area contributed by atoms with Crippen LogP contribution in [0.1, 0.15) is 11.3 Å². The largest absolute Gasteiger partial charge is 0.434 e. The standard InChI is InChI=1S/C12H12FN3O/c1-8-3-2-4-10(12(8)13)17-11-7-15-9(5-14)6-16-11/h2-4,6-7H,5,14H2,1H3. The highest BCUT2D eigenvalue weighted by Crippen LogP contribution is 2.24. The lowest BCUT2D eigenvalue weighted by atomic mass is 10.2. The first kappa shape index (κ1) is 11.5. The highest BCUT2D eigenvalue weighted by Gasteiger charge is 2.07. The highest BCUT2D eigenvalue weighted by molar-refractivity contribution is 5.32. The smallest absolute Gasteiger partial charge is 0.237 e. The third-order valence-corrected chi connectivity index (χ3v) is 2.26. The molecule has 17 heavy (non-hydrogen) atoms. The number of hydrogen-bond acceptors (Lipinski definition) is 4. The second-order valence-corrected chi connectivity index (χ2v) is 3.54. The van der Waals surface area contributed by atoms with Crippen molar-refractivity contribution in [1.29, 1.82) is 0 Å². The summed E-state index contributed by atoms with van der Waals surface area (Å²) in [6, 6.07) is 4.93. The van der Waals surface area contributed by atoms with Gasteiger partial charge in [0.15, 0.2) is 11.6 Å². The van der Waals surface area contributed by atoms with Gasteiger partial charge in [0.05, 0.1) is 18.1 Å². The molecule has 0 atom stereocenters. The number of nitrogens with two attached hydrogens (primary N) is 1. The van der Waals surface area contributed by atoms with E-state index in [1.807, 2.05) is 0 Å². The molecule has 0 saturated heterocycles. The average molecular weight is 233 g/mol. The first-order chi connectivity index (χ1) is 8.20. The van der Waals surface area contributed by atoms with Crippen LogP contribution >= 0.6 is 0 Å². The van der Waals surface area contributed by atoms with Gasteiger partial charge in [0.1, 0.15) is 0 Å². The molecule has 0 aliphatic heterocycles. The van der Waals surface area contributed by atoms with E-state index >= 15 is 0 Å². The molecule has 2 rings (SSSR count).